The van der Waals surface area contributed by atoms with Crippen LogP contribution in [0.5, 0.6) is 5.75 Å². The van der Waals surface area contributed by atoms with Crippen LogP contribution in [0.2, 0.25) is 5.02 Å². The fraction of sp³-hybridized carbons (Fsp3) is 0.0435. The first-order valence-electron chi connectivity index (χ1n) is 8.97. The first kappa shape index (κ1) is 18.8. The maximum atomic E-state index is 10.9. The summed E-state index contributed by atoms with van der Waals surface area (Å²) in [6, 6.07) is 26.6. The average molecular weight is 405 g/mol. The molecule has 0 aliphatic carbocycles. The van der Waals surface area contributed by atoms with E-state index in [0.717, 1.165) is 22.5 Å². The minimum absolute atomic E-state index is 0.416. The number of hydrogen-bond donors (Lipinski definition) is 1. The van der Waals surface area contributed by atoms with E-state index in [-0.39, 0.29) is 0 Å². The predicted molar refractivity (Wildman–Crippen MR) is 113 cm³/mol. The number of hydrogen-bond acceptors (Lipinski definition) is 3. The van der Waals surface area contributed by atoms with Crippen LogP contribution in [0.3, 0.4) is 0 Å². The van der Waals surface area contributed by atoms with Crippen LogP contribution < -0.4 is 4.74 Å². The SMILES string of the molecule is O=C(O)COc1ccccc1-c1cc(-c2ccc(Cl)cc2)n(-c2ccccc2)n1. The molecule has 0 amide bonds. The highest BCUT2D eigenvalue weighted by Crippen LogP contribution is 2.33. The van der Waals surface area contributed by atoms with Gasteiger partial charge in [-0.2, -0.15) is 5.10 Å². The molecule has 1 heterocycles. The molecule has 0 unspecified atom stereocenters. The molecule has 0 radical (unpaired) electrons. The predicted octanol–water partition coefficient (Wildman–Crippen LogP) is 5.32. The van der Waals surface area contributed by atoms with E-state index in [1.54, 1.807) is 12.1 Å². The monoisotopic (exact) mass is 404 g/mol. The van der Waals surface area contributed by atoms with Crippen LogP contribution in [-0.4, -0.2) is 27.5 Å². The molecule has 4 rings (SSSR count). The molecule has 0 saturated heterocycles. The van der Waals surface area contributed by atoms with Crippen LogP contribution in [-0.2, 0) is 4.79 Å². The van der Waals surface area contributed by atoms with E-state index in [9.17, 15) is 4.79 Å². The number of rotatable bonds is 6. The standard InChI is InChI=1S/C23H17ClN2O3/c24-17-12-10-16(11-13-17)21-14-20(25-26(21)18-6-2-1-3-7-18)19-8-4-5-9-22(19)29-15-23(27)28/h1-14H,15H2,(H,27,28). The van der Waals surface area contributed by atoms with Gasteiger partial charge in [-0.25, -0.2) is 9.48 Å². The molecule has 0 spiro atoms. The van der Waals surface area contributed by atoms with Crippen molar-refractivity contribution >= 4 is 17.6 Å². The number of carboxylic acid groups (broad SMARTS) is 1. The third kappa shape index (κ3) is 4.15. The number of carbonyl (C=O) groups is 1. The summed E-state index contributed by atoms with van der Waals surface area (Å²) in [5, 5.41) is 14.4. The summed E-state index contributed by atoms with van der Waals surface area (Å²) in [6.45, 7) is -0.416. The fourth-order valence-corrected chi connectivity index (χ4v) is 3.17. The van der Waals surface area contributed by atoms with E-state index in [4.69, 9.17) is 26.5 Å². The van der Waals surface area contributed by atoms with Gasteiger partial charge in [-0.15, -0.1) is 0 Å². The molecular weight excluding hydrogens is 388 g/mol. The van der Waals surface area contributed by atoms with Gasteiger partial charge in [0, 0.05) is 16.1 Å². The van der Waals surface area contributed by atoms with Gasteiger partial charge in [0.05, 0.1) is 17.1 Å². The molecule has 0 aliphatic rings. The summed E-state index contributed by atoms with van der Waals surface area (Å²) in [7, 11) is 0. The summed E-state index contributed by atoms with van der Waals surface area (Å²) in [6.07, 6.45) is 0. The first-order chi connectivity index (χ1) is 14.1. The molecule has 6 heteroatoms. The number of ether oxygens (including phenoxy) is 1. The van der Waals surface area contributed by atoms with Gasteiger partial charge in [-0.1, -0.05) is 54.1 Å². The number of nitrogens with zero attached hydrogens (tertiary/aromatic N) is 2. The van der Waals surface area contributed by atoms with Crippen molar-refractivity contribution < 1.29 is 14.6 Å². The molecular formula is C23H17ClN2O3. The number of carboxylic acids is 1. The summed E-state index contributed by atoms with van der Waals surface area (Å²) >= 11 is 6.05. The summed E-state index contributed by atoms with van der Waals surface area (Å²) < 4.78 is 7.32. The second kappa shape index (κ2) is 8.20. The Labute approximate surface area is 172 Å². The van der Waals surface area contributed by atoms with Gasteiger partial charge in [-0.05, 0) is 42.5 Å². The number of halogens is 1. The highest BCUT2D eigenvalue weighted by atomic mass is 35.5. The zero-order valence-corrected chi connectivity index (χ0v) is 16.1. The normalized spacial score (nSPS) is 10.7. The van der Waals surface area contributed by atoms with E-state index in [1.807, 2.05) is 77.5 Å². The quantitative estimate of drug-likeness (QED) is 0.472. The van der Waals surface area contributed by atoms with Crippen molar-refractivity contribution in [1.82, 2.24) is 9.78 Å². The Morgan fingerprint density at radius 1 is 0.966 bits per heavy atom. The highest BCUT2D eigenvalue weighted by molar-refractivity contribution is 6.30. The minimum atomic E-state index is -1.03. The van der Waals surface area contributed by atoms with Crippen LogP contribution in [0.1, 0.15) is 0 Å². The molecule has 29 heavy (non-hydrogen) atoms. The van der Waals surface area contributed by atoms with Gasteiger partial charge in [-0.3, -0.25) is 0 Å². The number of aromatic nitrogens is 2. The largest absolute Gasteiger partial charge is 0.481 e. The lowest BCUT2D eigenvalue weighted by atomic mass is 10.1. The van der Waals surface area contributed by atoms with Crippen LogP contribution >= 0.6 is 11.6 Å². The second-order valence-electron chi connectivity index (χ2n) is 6.35. The van der Waals surface area contributed by atoms with Crippen molar-refractivity contribution in [3.05, 3.63) is 90.0 Å². The topological polar surface area (TPSA) is 64.3 Å². The van der Waals surface area contributed by atoms with E-state index >= 15 is 0 Å². The number of aliphatic carboxylic acids is 1. The van der Waals surface area contributed by atoms with Gasteiger partial charge in [0.2, 0.25) is 0 Å². The molecule has 144 valence electrons. The Morgan fingerprint density at radius 3 is 2.38 bits per heavy atom. The van der Waals surface area contributed by atoms with Crippen molar-refractivity contribution in [3.63, 3.8) is 0 Å². The Morgan fingerprint density at radius 2 is 1.66 bits per heavy atom. The van der Waals surface area contributed by atoms with E-state index in [1.165, 1.54) is 0 Å². The molecule has 1 aromatic heterocycles. The Balaban J connectivity index is 1.84. The maximum Gasteiger partial charge on any atom is 0.341 e. The Hall–Kier alpha value is -3.57. The molecule has 4 aromatic rings. The summed E-state index contributed by atoms with van der Waals surface area (Å²) in [5.74, 6) is -0.563. The average Bonchev–Trinajstić information content (AvgIpc) is 3.19. The molecule has 0 bridgehead atoms. The fourth-order valence-electron chi connectivity index (χ4n) is 3.05. The van der Waals surface area contributed by atoms with Gasteiger partial charge in [0.1, 0.15) is 5.75 Å². The summed E-state index contributed by atoms with van der Waals surface area (Å²) in [5.41, 5.74) is 4.16. The van der Waals surface area contributed by atoms with Gasteiger partial charge in [0.25, 0.3) is 0 Å². The molecule has 3 aromatic carbocycles. The Bertz CT molecular complexity index is 1140. The van der Waals surface area contributed by atoms with Crippen LogP contribution in [0.15, 0.2) is 84.9 Å². The number of benzene rings is 3. The lowest BCUT2D eigenvalue weighted by molar-refractivity contribution is -0.139. The van der Waals surface area contributed by atoms with E-state index in [2.05, 4.69) is 0 Å². The second-order valence-corrected chi connectivity index (χ2v) is 6.78. The van der Waals surface area contributed by atoms with E-state index < -0.39 is 12.6 Å². The molecule has 1 N–H and O–H groups in total. The Kier molecular flexibility index (Phi) is 5.31. The van der Waals surface area contributed by atoms with Crippen LogP contribution in [0.4, 0.5) is 0 Å². The first-order valence-corrected chi connectivity index (χ1v) is 9.35. The number of para-hydroxylation sites is 2. The van der Waals surface area contributed by atoms with Crippen molar-refractivity contribution in [1.29, 1.82) is 0 Å². The van der Waals surface area contributed by atoms with Crippen LogP contribution in [0.25, 0.3) is 28.2 Å². The lowest BCUT2D eigenvalue weighted by Gasteiger charge is -2.08. The van der Waals surface area contributed by atoms with Crippen molar-refractivity contribution in [2.75, 3.05) is 6.61 Å². The minimum Gasteiger partial charge on any atom is -0.481 e. The molecule has 5 nitrogen and oxygen atoms in total. The van der Waals surface area contributed by atoms with Gasteiger partial charge >= 0.3 is 5.97 Å². The molecule has 0 fully saturated rings. The molecule has 0 atom stereocenters. The third-order valence-corrected chi connectivity index (χ3v) is 4.62. The van der Waals surface area contributed by atoms with Crippen molar-refractivity contribution in [2.45, 2.75) is 0 Å². The van der Waals surface area contributed by atoms with Crippen molar-refractivity contribution in [2.24, 2.45) is 0 Å². The summed E-state index contributed by atoms with van der Waals surface area (Å²) in [4.78, 5) is 10.9. The lowest BCUT2D eigenvalue weighted by Crippen LogP contribution is -2.10. The smallest absolute Gasteiger partial charge is 0.341 e. The molecule has 0 saturated carbocycles. The highest BCUT2D eigenvalue weighted by Gasteiger charge is 2.16. The van der Waals surface area contributed by atoms with Crippen LogP contribution in [0, 0.1) is 0 Å². The van der Waals surface area contributed by atoms with Crippen molar-refractivity contribution in [3.8, 4) is 34.0 Å². The van der Waals surface area contributed by atoms with E-state index in [0.29, 0.717) is 16.5 Å². The zero-order valence-electron chi connectivity index (χ0n) is 15.3. The third-order valence-electron chi connectivity index (χ3n) is 4.36. The zero-order chi connectivity index (χ0) is 20.2. The van der Waals surface area contributed by atoms with Gasteiger partial charge < -0.3 is 9.84 Å². The van der Waals surface area contributed by atoms with Gasteiger partial charge in [0.15, 0.2) is 6.61 Å². The maximum absolute atomic E-state index is 10.9. The molecule has 0 aliphatic heterocycles.